The van der Waals surface area contributed by atoms with Crippen LogP contribution in [0.25, 0.3) is 0 Å². The number of benzene rings is 1. The summed E-state index contributed by atoms with van der Waals surface area (Å²) in [5.41, 5.74) is 2.31. The lowest BCUT2D eigenvalue weighted by Gasteiger charge is -2.02. The van der Waals surface area contributed by atoms with Gasteiger partial charge in [0, 0.05) is 14.1 Å². The lowest BCUT2D eigenvalue weighted by Crippen LogP contribution is -2.07. The highest BCUT2D eigenvalue weighted by Crippen LogP contribution is 2.08. The Kier molecular flexibility index (Phi) is 4.61. The van der Waals surface area contributed by atoms with E-state index in [0.717, 1.165) is 18.5 Å². The Labute approximate surface area is 113 Å². The van der Waals surface area contributed by atoms with E-state index in [9.17, 15) is 0 Å². The van der Waals surface area contributed by atoms with Crippen LogP contribution in [-0.4, -0.2) is 35.5 Å². The van der Waals surface area contributed by atoms with Gasteiger partial charge in [0.05, 0.1) is 12.0 Å². The second kappa shape index (κ2) is 6.64. The Bertz CT molecular complexity index is 518. The minimum atomic E-state index is 0.636. The van der Waals surface area contributed by atoms with Crippen LogP contribution in [0.5, 0.6) is 0 Å². The molecule has 0 bridgehead atoms. The van der Waals surface area contributed by atoms with Crippen molar-refractivity contribution in [2.75, 3.05) is 14.1 Å². The molecule has 0 atom stereocenters. The zero-order valence-corrected chi connectivity index (χ0v) is 11.3. The van der Waals surface area contributed by atoms with Crippen LogP contribution in [0.15, 0.2) is 47.5 Å². The lowest BCUT2D eigenvalue weighted by molar-refractivity contribution is 0.642. The Morgan fingerprint density at radius 1 is 1.00 bits per heavy atom. The highest BCUT2D eigenvalue weighted by Gasteiger charge is 1.98. The first kappa shape index (κ1) is 13.2. The first-order valence-electron chi connectivity index (χ1n) is 6.31. The fourth-order valence-corrected chi connectivity index (χ4v) is 1.65. The van der Waals surface area contributed by atoms with E-state index in [2.05, 4.69) is 39.5 Å². The Morgan fingerprint density at radius 3 is 2.42 bits per heavy atom. The molecule has 0 aliphatic heterocycles. The molecule has 0 N–H and O–H groups in total. The van der Waals surface area contributed by atoms with Crippen molar-refractivity contribution in [3.8, 4) is 0 Å². The molecule has 0 saturated heterocycles. The largest absolute Gasteiger partial charge is 0.369 e. The smallest absolute Gasteiger partial charge is 0.175 e. The highest BCUT2D eigenvalue weighted by molar-refractivity contribution is 5.58. The van der Waals surface area contributed by atoms with Gasteiger partial charge in [-0.1, -0.05) is 30.3 Å². The predicted octanol–water partition coefficient (Wildman–Crippen LogP) is 2.48. The van der Waals surface area contributed by atoms with Gasteiger partial charge in [0.1, 0.15) is 0 Å². The summed E-state index contributed by atoms with van der Waals surface area (Å²) in [5.74, 6) is 0.636. The van der Waals surface area contributed by atoms with Gasteiger partial charge < -0.3 is 4.90 Å². The molecule has 0 radical (unpaired) electrons. The molecule has 0 amide bonds. The third kappa shape index (κ3) is 4.50. The van der Waals surface area contributed by atoms with E-state index in [1.165, 1.54) is 5.56 Å². The first-order valence-corrected chi connectivity index (χ1v) is 6.31. The summed E-state index contributed by atoms with van der Waals surface area (Å²) in [4.78, 5) is 6.06. The fourth-order valence-electron chi connectivity index (χ4n) is 1.65. The summed E-state index contributed by atoms with van der Waals surface area (Å²) in [6.07, 6.45) is 3.60. The Hall–Kier alpha value is -2.23. The standard InChI is InChI=1S/C15H18N4/c1-19(2)12-16-15-11-10-14(17-18-15)9-8-13-6-4-3-5-7-13/h3-7,10-12H,8-9H2,1-2H3/b16-12+. The SMILES string of the molecule is CN(C)/C=N/c1ccc(CCc2ccccc2)nn1. The average molecular weight is 254 g/mol. The van der Waals surface area contributed by atoms with Gasteiger partial charge in [-0.05, 0) is 30.5 Å². The molecular formula is C15H18N4. The number of aromatic nitrogens is 2. The summed E-state index contributed by atoms with van der Waals surface area (Å²) in [7, 11) is 3.84. The van der Waals surface area contributed by atoms with Gasteiger partial charge in [0.2, 0.25) is 0 Å². The minimum absolute atomic E-state index is 0.636. The van der Waals surface area contributed by atoms with Crippen molar-refractivity contribution in [2.45, 2.75) is 12.8 Å². The molecule has 98 valence electrons. The second-order valence-electron chi connectivity index (χ2n) is 4.58. The van der Waals surface area contributed by atoms with Gasteiger partial charge in [-0.2, -0.15) is 5.10 Å². The maximum atomic E-state index is 4.19. The van der Waals surface area contributed by atoms with E-state index >= 15 is 0 Å². The summed E-state index contributed by atoms with van der Waals surface area (Å²) >= 11 is 0. The number of nitrogens with zero attached hydrogens (tertiary/aromatic N) is 4. The van der Waals surface area contributed by atoms with Crippen molar-refractivity contribution in [3.63, 3.8) is 0 Å². The van der Waals surface area contributed by atoms with Crippen molar-refractivity contribution in [1.29, 1.82) is 0 Å². The number of aryl methyl sites for hydroxylation is 2. The van der Waals surface area contributed by atoms with Crippen molar-refractivity contribution >= 4 is 12.2 Å². The lowest BCUT2D eigenvalue weighted by atomic mass is 10.1. The molecule has 1 aromatic heterocycles. The molecule has 1 heterocycles. The minimum Gasteiger partial charge on any atom is -0.369 e. The molecule has 1 aromatic carbocycles. The summed E-state index contributed by atoms with van der Waals surface area (Å²) < 4.78 is 0. The molecule has 0 unspecified atom stereocenters. The van der Waals surface area contributed by atoms with E-state index in [4.69, 9.17) is 0 Å². The predicted molar refractivity (Wildman–Crippen MR) is 77.7 cm³/mol. The summed E-state index contributed by atoms with van der Waals surface area (Å²) in [6, 6.07) is 14.3. The van der Waals surface area contributed by atoms with E-state index < -0.39 is 0 Å². The number of aliphatic imine (C=N–C) groups is 1. The van der Waals surface area contributed by atoms with Crippen molar-refractivity contribution < 1.29 is 0 Å². The molecule has 0 aliphatic rings. The van der Waals surface area contributed by atoms with Crippen LogP contribution in [0.3, 0.4) is 0 Å². The number of hydrogen-bond acceptors (Lipinski definition) is 3. The third-order valence-electron chi connectivity index (χ3n) is 2.64. The molecule has 0 aliphatic carbocycles. The van der Waals surface area contributed by atoms with Gasteiger partial charge in [-0.25, -0.2) is 4.99 Å². The maximum Gasteiger partial charge on any atom is 0.175 e. The number of rotatable bonds is 5. The molecule has 0 spiro atoms. The average Bonchev–Trinajstić information content (AvgIpc) is 2.45. The van der Waals surface area contributed by atoms with Crippen LogP contribution < -0.4 is 0 Å². The third-order valence-corrected chi connectivity index (χ3v) is 2.64. The molecule has 4 nitrogen and oxygen atoms in total. The summed E-state index contributed by atoms with van der Waals surface area (Å²) in [6.45, 7) is 0. The molecular weight excluding hydrogens is 236 g/mol. The zero-order valence-electron chi connectivity index (χ0n) is 11.3. The first-order chi connectivity index (χ1) is 9.24. The topological polar surface area (TPSA) is 41.4 Å². The van der Waals surface area contributed by atoms with Crippen LogP contribution in [0.1, 0.15) is 11.3 Å². The highest BCUT2D eigenvalue weighted by atomic mass is 15.2. The quantitative estimate of drug-likeness (QED) is 0.608. The maximum absolute atomic E-state index is 4.19. The zero-order chi connectivity index (χ0) is 13.5. The van der Waals surface area contributed by atoms with Crippen LogP contribution >= 0.6 is 0 Å². The molecule has 2 rings (SSSR count). The van der Waals surface area contributed by atoms with Gasteiger partial charge in [-0.3, -0.25) is 0 Å². The van der Waals surface area contributed by atoms with Crippen LogP contribution in [0.4, 0.5) is 5.82 Å². The second-order valence-corrected chi connectivity index (χ2v) is 4.58. The van der Waals surface area contributed by atoms with E-state index in [1.54, 1.807) is 6.34 Å². The van der Waals surface area contributed by atoms with E-state index in [1.807, 2.05) is 37.2 Å². The monoisotopic (exact) mass is 254 g/mol. The van der Waals surface area contributed by atoms with Gasteiger partial charge in [0.25, 0.3) is 0 Å². The molecule has 0 fully saturated rings. The normalized spacial score (nSPS) is 10.8. The van der Waals surface area contributed by atoms with E-state index in [-0.39, 0.29) is 0 Å². The van der Waals surface area contributed by atoms with Gasteiger partial charge in [-0.15, -0.1) is 5.10 Å². The van der Waals surface area contributed by atoms with Crippen LogP contribution in [0, 0.1) is 0 Å². The molecule has 19 heavy (non-hydrogen) atoms. The van der Waals surface area contributed by atoms with Gasteiger partial charge in [0.15, 0.2) is 5.82 Å². The fraction of sp³-hybridized carbons (Fsp3) is 0.267. The van der Waals surface area contributed by atoms with Crippen LogP contribution in [-0.2, 0) is 12.8 Å². The summed E-state index contributed by atoms with van der Waals surface area (Å²) in [5, 5.41) is 8.28. The molecule has 4 heteroatoms. The molecule has 2 aromatic rings. The van der Waals surface area contributed by atoms with Crippen LogP contribution in [0.2, 0.25) is 0 Å². The van der Waals surface area contributed by atoms with Crippen molar-refractivity contribution in [3.05, 3.63) is 53.7 Å². The van der Waals surface area contributed by atoms with Crippen molar-refractivity contribution in [1.82, 2.24) is 15.1 Å². The number of hydrogen-bond donors (Lipinski definition) is 0. The molecule has 0 saturated carbocycles. The van der Waals surface area contributed by atoms with Crippen molar-refractivity contribution in [2.24, 2.45) is 4.99 Å². The van der Waals surface area contributed by atoms with E-state index in [0.29, 0.717) is 5.82 Å². The van der Waals surface area contributed by atoms with Gasteiger partial charge >= 0.3 is 0 Å². The Morgan fingerprint density at radius 2 is 1.79 bits per heavy atom. The Balaban J connectivity index is 1.92.